The smallest absolute Gasteiger partial charge is 0.166 e. The van der Waals surface area contributed by atoms with E-state index < -0.39 is 11.0 Å². The average molecular weight is 400 g/mol. The molecule has 8 rings (SSSR count). The van der Waals surface area contributed by atoms with E-state index in [1.807, 2.05) is 6.07 Å². The molecule has 5 heteroatoms. The molecule has 152 valence electrons. The van der Waals surface area contributed by atoms with Crippen LogP contribution in [0.25, 0.3) is 10.9 Å². The van der Waals surface area contributed by atoms with E-state index >= 15 is 0 Å². The second-order valence-electron chi connectivity index (χ2n) is 9.91. The molecule has 3 aliphatic heterocycles. The summed E-state index contributed by atoms with van der Waals surface area (Å²) in [5, 5.41) is 28.1. The molecule has 4 atom stereocenters. The summed E-state index contributed by atoms with van der Waals surface area (Å²) in [5.74, 6) is 0.812. The molecule has 1 saturated heterocycles. The number of rotatable bonds is 0. The zero-order chi connectivity index (χ0) is 19.8. The van der Waals surface area contributed by atoms with E-state index in [2.05, 4.69) is 28.1 Å². The summed E-state index contributed by atoms with van der Waals surface area (Å²) in [5.41, 5.74) is 6.10. The number of aliphatic hydroxyl groups is 1. The quantitative estimate of drug-likeness (QED) is 0.543. The highest BCUT2D eigenvalue weighted by atomic mass is 16.5. The van der Waals surface area contributed by atoms with Crippen molar-refractivity contribution in [3.63, 3.8) is 0 Å². The van der Waals surface area contributed by atoms with Gasteiger partial charge in [-0.2, -0.15) is 0 Å². The minimum atomic E-state index is -0.919. The highest BCUT2D eigenvalue weighted by Gasteiger charge is 2.71. The summed E-state index contributed by atoms with van der Waals surface area (Å²) < 4.78 is 9.16. The third-order valence-electron chi connectivity index (χ3n) is 8.87. The fourth-order valence-corrected chi connectivity index (χ4v) is 7.80. The van der Waals surface area contributed by atoms with Crippen LogP contribution < -0.4 is 10.1 Å². The number of nitrogens with zero attached hydrogens (tertiary/aromatic N) is 1. The summed E-state index contributed by atoms with van der Waals surface area (Å²) in [6, 6.07) is 10.4. The van der Waals surface area contributed by atoms with Crippen LogP contribution in [-0.4, -0.2) is 33.0 Å². The molecule has 4 heterocycles. The number of aryl methyl sites for hydroxylation is 2. The van der Waals surface area contributed by atoms with E-state index in [9.17, 15) is 10.2 Å². The molecule has 0 unspecified atom stereocenters. The van der Waals surface area contributed by atoms with Gasteiger partial charge in [0.05, 0.1) is 22.2 Å². The Bertz CT molecular complexity index is 1290. The first-order valence-electron chi connectivity index (χ1n) is 11.2. The monoisotopic (exact) mass is 400 g/mol. The molecule has 1 spiro atoms. The lowest BCUT2D eigenvalue weighted by molar-refractivity contribution is -0.135. The molecule has 2 aliphatic carbocycles. The Kier molecular flexibility index (Phi) is 2.63. The van der Waals surface area contributed by atoms with Crippen molar-refractivity contribution in [3.8, 4) is 11.5 Å². The van der Waals surface area contributed by atoms with Crippen LogP contribution in [0.15, 0.2) is 30.3 Å². The molecule has 0 amide bonds. The summed E-state index contributed by atoms with van der Waals surface area (Å²) in [7, 11) is 0. The number of aromatic hydroxyl groups is 1. The van der Waals surface area contributed by atoms with Crippen LogP contribution in [0, 0.1) is 0 Å². The van der Waals surface area contributed by atoms with Crippen LogP contribution >= 0.6 is 0 Å². The molecule has 1 fully saturated rings. The summed E-state index contributed by atoms with van der Waals surface area (Å²) >= 11 is 0. The summed E-state index contributed by atoms with van der Waals surface area (Å²) in [6.45, 7) is 1.86. The van der Waals surface area contributed by atoms with Gasteiger partial charge < -0.3 is 24.8 Å². The van der Waals surface area contributed by atoms with Crippen molar-refractivity contribution < 1.29 is 14.9 Å². The van der Waals surface area contributed by atoms with Crippen molar-refractivity contribution in [3.05, 3.63) is 58.3 Å². The molecule has 5 aliphatic rings. The molecule has 3 N–H and O–H groups in total. The first kappa shape index (κ1) is 16.2. The Morgan fingerprint density at radius 2 is 2.10 bits per heavy atom. The van der Waals surface area contributed by atoms with E-state index in [0.29, 0.717) is 12.2 Å². The van der Waals surface area contributed by atoms with Crippen molar-refractivity contribution in [2.24, 2.45) is 0 Å². The number of ether oxygens (including phenoxy) is 1. The molecular weight excluding hydrogens is 376 g/mol. The average Bonchev–Trinajstić information content (AvgIpc) is 3.24. The number of phenolic OH excluding ortho intramolecular Hbond substituents is 1. The molecule has 3 aromatic rings. The van der Waals surface area contributed by atoms with Crippen LogP contribution in [-0.2, 0) is 31.2 Å². The van der Waals surface area contributed by atoms with Gasteiger partial charge in [-0.15, -0.1) is 0 Å². The number of hydrogen-bond donors (Lipinski definition) is 3. The second kappa shape index (κ2) is 4.87. The number of aromatic nitrogens is 1. The van der Waals surface area contributed by atoms with Crippen molar-refractivity contribution in [1.29, 1.82) is 0 Å². The topological polar surface area (TPSA) is 66.7 Å². The highest BCUT2D eigenvalue weighted by Crippen LogP contribution is 2.68. The lowest BCUT2D eigenvalue weighted by Crippen LogP contribution is -2.73. The van der Waals surface area contributed by atoms with Crippen molar-refractivity contribution in [2.75, 3.05) is 6.54 Å². The standard InChI is InChI=1S/C25H24N2O3/c28-17-7-6-14-11-18-25(29)12-16-15-5-1-3-13-4-2-10-27(20(13)15)21(16)23-24(25,8-9-26-18)19(14)22(17)30-23/h1,3,5-7,18,23,26,28-29H,2,4,8-12H2/t18-,23+,24+,25-/m1/s1. The van der Waals surface area contributed by atoms with Gasteiger partial charge in [-0.25, -0.2) is 0 Å². The lowest BCUT2D eigenvalue weighted by Gasteiger charge is -2.60. The molecule has 30 heavy (non-hydrogen) atoms. The first-order valence-corrected chi connectivity index (χ1v) is 11.2. The summed E-state index contributed by atoms with van der Waals surface area (Å²) in [4.78, 5) is 0. The zero-order valence-corrected chi connectivity index (χ0v) is 16.7. The minimum Gasteiger partial charge on any atom is -0.504 e. The zero-order valence-electron chi connectivity index (χ0n) is 16.7. The van der Waals surface area contributed by atoms with Crippen molar-refractivity contribution in [1.82, 2.24) is 9.88 Å². The van der Waals surface area contributed by atoms with Crippen LogP contribution in [0.3, 0.4) is 0 Å². The van der Waals surface area contributed by atoms with E-state index in [1.165, 1.54) is 33.3 Å². The Hall–Kier alpha value is -2.50. The van der Waals surface area contributed by atoms with Gasteiger partial charge in [0.25, 0.3) is 0 Å². The van der Waals surface area contributed by atoms with Crippen molar-refractivity contribution in [2.45, 2.75) is 61.8 Å². The predicted molar refractivity (Wildman–Crippen MR) is 112 cm³/mol. The molecule has 0 radical (unpaired) electrons. The fraction of sp³-hybridized carbons (Fsp3) is 0.440. The van der Waals surface area contributed by atoms with Gasteiger partial charge in [-0.1, -0.05) is 24.3 Å². The van der Waals surface area contributed by atoms with Gasteiger partial charge in [0.15, 0.2) is 17.6 Å². The largest absolute Gasteiger partial charge is 0.504 e. The highest BCUT2D eigenvalue weighted by molar-refractivity contribution is 5.90. The number of fused-ring (bicyclic) bond motifs is 4. The molecule has 2 aromatic carbocycles. The van der Waals surface area contributed by atoms with Gasteiger partial charge in [0.1, 0.15) is 0 Å². The predicted octanol–water partition coefficient (Wildman–Crippen LogP) is 2.87. The van der Waals surface area contributed by atoms with E-state index in [-0.39, 0.29) is 17.9 Å². The van der Waals surface area contributed by atoms with Crippen LogP contribution in [0.4, 0.5) is 0 Å². The van der Waals surface area contributed by atoms with Gasteiger partial charge >= 0.3 is 0 Å². The first-order chi connectivity index (χ1) is 14.6. The Morgan fingerprint density at radius 1 is 1.17 bits per heavy atom. The Morgan fingerprint density at radius 3 is 3.03 bits per heavy atom. The third-order valence-corrected chi connectivity index (χ3v) is 8.87. The van der Waals surface area contributed by atoms with Crippen LogP contribution in [0.5, 0.6) is 11.5 Å². The lowest BCUT2D eigenvalue weighted by atomic mass is 9.49. The molecule has 0 saturated carbocycles. The summed E-state index contributed by atoms with van der Waals surface area (Å²) in [6.07, 6.45) is 4.22. The van der Waals surface area contributed by atoms with Gasteiger partial charge in [-0.3, -0.25) is 0 Å². The maximum Gasteiger partial charge on any atom is 0.166 e. The maximum absolute atomic E-state index is 12.4. The maximum atomic E-state index is 12.4. The SMILES string of the molecule is Oc1ccc2c3c1O[C@H]1c4c(c5cccc6c5n4CCC6)C[C@@]4(O)[C@@H](C2)NCC[C@]314. The minimum absolute atomic E-state index is 0.000188. The van der Waals surface area contributed by atoms with Gasteiger partial charge in [0.2, 0.25) is 0 Å². The number of hydrogen-bond acceptors (Lipinski definition) is 4. The second-order valence-corrected chi connectivity index (χ2v) is 9.91. The van der Waals surface area contributed by atoms with Crippen LogP contribution in [0.1, 0.15) is 46.9 Å². The van der Waals surface area contributed by atoms with E-state index in [0.717, 1.165) is 44.3 Å². The van der Waals surface area contributed by atoms with E-state index in [4.69, 9.17) is 4.74 Å². The fourth-order valence-electron chi connectivity index (χ4n) is 7.80. The number of phenols is 1. The molecule has 1 aromatic heterocycles. The Labute approximate surface area is 174 Å². The normalized spacial score (nSPS) is 34.4. The number of nitrogens with one attached hydrogen (secondary N) is 1. The van der Waals surface area contributed by atoms with Gasteiger partial charge in [-0.05, 0) is 55.0 Å². The van der Waals surface area contributed by atoms with Crippen LogP contribution in [0.2, 0.25) is 0 Å². The third kappa shape index (κ3) is 1.49. The number of piperidine rings is 1. The molecular formula is C25H24N2O3. The number of para-hydroxylation sites is 1. The van der Waals surface area contributed by atoms with E-state index in [1.54, 1.807) is 6.07 Å². The van der Waals surface area contributed by atoms with Crippen molar-refractivity contribution >= 4 is 10.9 Å². The van der Waals surface area contributed by atoms with Gasteiger partial charge in [0, 0.05) is 30.0 Å². The molecule has 5 nitrogen and oxygen atoms in total. The Balaban J connectivity index is 1.53. The molecule has 2 bridgehead atoms. The number of benzene rings is 2.